The van der Waals surface area contributed by atoms with Gasteiger partial charge in [-0.2, -0.15) is 0 Å². The molecule has 0 fully saturated rings. The minimum atomic E-state index is -0.0700. The van der Waals surface area contributed by atoms with E-state index in [0.29, 0.717) is 6.54 Å². The third-order valence-corrected chi connectivity index (χ3v) is 4.46. The van der Waals surface area contributed by atoms with Crippen LogP contribution < -0.4 is 4.74 Å². The quantitative estimate of drug-likeness (QED) is 0.585. The van der Waals surface area contributed by atoms with Crippen LogP contribution in [0.2, 0.25) is 0 Å². The Bertz CT molecular complexity index is 347. The smallest absolute Gasteiger partial charge is 0.118 e. The van der Waals surface area contributed by atoms with Gasteiger partial charge in [0.2, 0.25) is 0 Å². The first-order valence-corrected chi connectivity index (χ1v) is 6.87. The molecule has 0 aliphatic carbocycles. The van der Waals surface area contributed by atoms with Gasteiger partial charge in [-0.15, -0.1) is 0 Å². The second-order valence-corrected chi connectivity index (χ2v) is 6.10. The third kappa shape index (κ3) is 4.66. The van der Waals surface area contributed by atoms with Crippen LogP contribution in [0, 0.1) is 0 Å². The molecular weight excluding hydrogens is 334 g/mol. The highest BCUT2D eigenvalue weighted by Gasteiger charge is 2.14. The highest BCUT2D eigenvalue weighted by atomic mass is 79.9. The van der Waals surface area contributed by atoms with E-state index < -0.39 is 0 Å². The molecule has 1 atom stereocenters. The standard InChI is InChI=1S/C12H15Br2NO/c1-12(14,8-13)9-15-7-10-3-5-11(16-2)6-4-10/h3-6,9H,7-8H2,1-2H3. The van der Waals surface area contributed by atoms with Crippen LogP contribution in [-0.2, 0) is 6.54 Å². The molecular formula is C12H15Br2NO. The number of benzene rings is 1. The summed E-state index contributed by atoms with van der Waals surface area (Å²) in [6, 6.07) is 7.94. The predicted octanol–water partition coefficient (Wildman–Crippen LogP) is 3.81. The number of nitrogens with zero attached hydrogens (tertiary/aromatic N) is 1. The molecule has 0 heterocycles. The van der Waals surface area contributed by atoms with Gasteiger partial charge >= 0.3 is 0 Å². The zero-order valence-electron chi connectivity index (χ0n) is 9.41. The fourth-order valence-corrected chi connectivity index (χ4v) is 1.40. The fourth-order valence-electron chi connectivity index (χ4n) is 1.11. The van der Waals surface area contributed by atoms with Crippen molar-refractivity contribution in [1.82, 2.24) is 0 Å². The number of hydrogen-bond donors (Lipinski definition) is 0. The first-order valence-electron chi connectivity index (χ1n) is 4.96. The molecule has 1 aromatic rings. The fraction of sp³-hybridized carbons (Fsp3) is 0.417. The van der Waals surface area contributed by atoms with E-state index in [9.17, 15) is 0 Å². The molecule has 0 saturated heterocycles. The number of alkyl halides is 2. The lowest BCUT2D eigenvalue weighted by atomic mass is 10.2. The van der Waals surface area contributed by atoms with Gasteiger partial charge in [-0.25, -0.2) is 0 Å². The molecule has 0 N–H and O–H groups in total. The Kier molecular flexibility index (Phi) is 5.49. The van der Waals surface area contributed by atoms with Crippen LogP contribution in [0.25, 0.3) is 0 Å². The van der Waals surface area contributed by atoms with Gasteiger partial charge in [0.1, 0.15) is 5.75 Å². The number of hydrogen-bond acceptors (Lipinski definition) is 2. The maximum atomic E-state index is 5.09. The van der Waals surface area contributed by atoms with E-state index in [-0.39, 0.29) is 4.32 Å². The molecule has 2 nitrogen and oxygen atoms in total. The normalized spacial score (nSPS) is 15.0. The Balaban J connectivity index is 2.54. The molecule has 1 aromatic carbocycles. The summed E-state index contributed by atoms with van der Waals surface area (Å²) in [7, 11) is 1.67. The Labute approximate surface area is 113 Å². The maximum absolute atomic E-state index is 5.09. The first kappa shape index (κ1) is 13.7. The molecule has 0 saturated carbocycles. The summed E-state index contributed by atoms with van der Waals surface area (Å²) in [5, 5.41) is 0.839. The molecule has 0 amide bonds. The van der Waals surface area contributed by atoms with E-state index in [0.717, 1.165) is 11.1 Å². The molecule has 4 heteroatoms. The summed E-state index contributed by atoms with van der Waals surface area (Å²) in [6.07, 6.45) is 1.92. The monoisotopic (exact) mass is 347 g/mol. The highest BCUT2D eigenvalue weighted by molar-refractivity contribution is 9.12. The van der Waals surface area contributed by atoms with Gasteiger partial charge in [0.25, 0.3) is 0 Å². The van der Waals surface area contributed by atoms with Gasteiger partial charge < -0.3 is 4.74 Å². The lowest BCUT2D eigenvalue weighted by Gasteiger charge is -2.11. The van der Waals surface area contributed by atoms with Gasteiger partial charge in [0, 0.05) is 11.5 Å². The minimum Gasteiger partial charge on any atom is -0.497 e. The zero-order chi connectivity index (χ0) is 12.0. The van der Waals surface area contributed by atoms with Crippen LogP contribution in [-0.4, -0.2) is 23.0 Å². The number of halogens is 2. The Morgan fingerprint density at radius 1 is 1.38 bits per heavy atom. The lowest BCUT2D eigenvalue weighted by Crippen LogP contribution is -2.19. The number of aliphatic imine (C=N–C) groups is 1. The van der Waals surface area contributed by atoms with Crippen molar-refractivity contribution in [3.8, 4) is 5.75 Å². The van der Waals surface area contributed by atoms with E-state index >= 15 is 0 Å². The average molecular weight is 349 g/mol. The first-order chi connectivity index (χ1) is 7.57. The van der Waals surface area contributed by atoms with Gasteiger partial charge in [0.15, 0.2) is 0 Å². The summed E-state index contributed by atoms with van der Waals surface area (Å²) in [5.41, 5.74) is 1.18. The summed E-state index contributed by atoms with van der Waals surface area (Å²) in [4.78, 5) is 4.40. The van der Waals surface area contributed by atoms with E-state index in [2.05, 4.69) is 43.8 Å². The molecule has 0 aliphatic rings. The molecule has 1 rings (SSSR count). The minimum absolute atomic E-state index is 0.0700. The lowest BCUT2D eigenvalue weighted by molar-refractivity contribution is 0.414. The number of methoxy groups -OCH3 is 1. The van der Waals surface area contributed by atoms with E-state index in [1.807, 2.05) is 30.5 Å². The second-order valence-electron chi connectivity index (χ2n) is 3.73. The van der Waals surface area contributed by atoms with Gasteiger partial charge in [0.05, 0.1) is 18.0 Å². The summed E-state index contributed by atoms with van der Waals surface area (Å²) < 4.78 is 5.02. The van der Waals surface area contributed by atoms with Crippen LogP contribution >= 0.6 is 31.9 Å². The van der Waals surface area contributed by atoms with Crippen molar-refractivity contribution >= 4 is 38.1 Å². The van der Waals surface area contributed by atoms with Crippen molar-refractivity contribution in [3.63, 3.8) is 0 Å². The van der Waals surface area contributed by atoms with Gasteiger partial charge in [-0.1, -0.05) is 44.0 Å². The number of rotatable bonds is 5. The molecule has 0 radical (unpaired) electrons. The van der Waals surface area contributed by atoms with Crippen LogP contribution in [0.3, 0.4) is 0 Å². The van der Waals surface area contributed by atoms with Crippen molar-refractivity contribution in [3.05, 3.63) is 29.8 Å². The van der Waals surface area contributed by atoms with E-state index in [1.165, 1.54) is 5.56 Å². The molecule has 0 spiro atoms. The highest BCUT2D eigenvalue weighted by Crippen LogP contribution is 2.17. The number of ether oxygens (including phenoxy) is 1. The predicted molar refractivity (Wildman–Crippen MR) is 76.3 cm³/mol. The maximum Gasteiger partial charge on any atom is 0.118 e. The average Bonchev–Trinajstić information content (AvgIpc) is 2.30. The summed E-state index contributed by atoms with van der Waals surface area (Å²) in [5.74, 6) is 0.874. The van der Waals surface area contributed by atoms with Crippen molar-refractivity contribution in [2.45, 2.75) is 17.8 Å². The van der Waals surface area contributed by atoms with Gasteiger partial charge in [-0.3, -0.25) is 4.99 Å². The largest absolute Gasteiger partial charge is 0.497 e. The van der Waals surface area contributed by atoms with Crippen LogP contribution in [0.4, 0.5) is 0 Å². The van der Waals surface area contributed by atoms with E-state index in [1.54, 1.807) is 7.11 Å². The molecule has 1 unspecified atom stereocenters. The molecule has 0 bridgehead atoms. The molecule has 16 heavy (non-hydrogen) atoms. The Morgan fingerprint density at radius 3 is 2.50 bits per heavy atom. The molecule has 88 valence electrons. The van der Waals surface area contributed by atoms with Crippen molar-refractivity contribution < 1.29 is 4.74 Å². The Morgan fingerprint density at radius 2 is 2.00 bits per heavy atom. The molecule has 0 aromatic heterocycles. The van der Waals surface area contributed by atoms with E-state index in [4.69, 9.17) is 4.74 Å². The Hall–Kier alpha value is -0.350. The summed E-state index contributed by atoms with van der Waals surface area (Å²) >= 11 is 6.98. The van der Waals surface area contributed by atoms with Crippen LogP contribution in [0.1, 0.15) is 12.5 Å². The molecule has 0 aliphatic heterocycles. The topological polar surface area (TPSA) is 21.6 Å². The zero-order valence-corrected chi connectivity index (χ0v) is 12.6. The third-order valence-electron chi connectivity index (χ3n) is 2.05. The van der Waals surface area contributed by atoms with Crippen LogP contribution in [0.15, 0.2) is 29.3 Å². The van der Waals surface area contributed by atoms with Crippen molar-refractivity contribution in [2.75, 3.05) is 12.4 Å². The second kappa shape index (κ2) is 6.40. The summed E-state index contributed by atoms with van der Waals surface area (Å²) in [6.45, 7) is 2.76. The van der Waals surface area contributed by atoms with Crippen molar-refractivity contribution in [1.29, 1.82) is 0 Å². The SMILES string of the molecule is COc1ccc(CN=CC(C)(Br)CBr)cc1. The van der Waals surface area contributed by atoms with Crippen LogP contribution in [0.5, 0.6) is 5.75 Å². The van der Waals surface area contributed by atoms with Crippen molar-refractivity contribution in [2.24, 2.45) is 4.99 Å². The van der Waals surface area contributed by atoms with Gasteiger partial charge in [-0.05, 0) is 24.6 Å².